The lowest BCUT2D eigenvalue weighted by molar-refractivity contribution is 0.106. The van der Waals surface area contributed by atoms with Gasteiger partial charge in [0.1, 0.15) is 0 Å². The van der Waals surface area contributed by atoms with E-state index in [-0.39, 0.29) is 11.5 Å². The molecule has 1 N–H and O–H groups in total. The normalized spacial score (nSPS) is 9.86. The van der Waals surface area contributed by atoms with Gasteiger partial charge in [0.05, 0.1) is 10.9 Å². The van der Waals surface area contributed by atoms with Gasteiger partial charge in [0.25, 0.3) is 0 Å². The average Bonchev–Trinajstić information content (AvgIpc) is 2.18. The van der Waals surface area contributed by atoms with E-state index in [1.807, 2.05) is 12.1 Å². The van der Waals surface area contributed by atoms with E-state index in [1.54, 1.807) is 12.1 Å². The summed E-state index contributed by atoms with van der Waals surface area (Å²) in [5.74, 6) is -0.229. The Kier molecular flexibility index (Phi) is 4.17. The molecule has 0 fully saturated rings. The van der Waals surface area contributed by atoms with Crippen molar-refractivity contribution in [3.63, 3.8) is 0 Å². The lowest BCUT2D eigenvalue weighted by Crippen LogP contribution is -2.08. The van der Waals surface area contributed by atoms with Crippen molar-refractivity contribution in [2.24, 2.45) is 0 Å². The highest BCUT2D eigenvalue weighted by Crippen LogP contribution is 2.19. The number of nitrogens with one attached hydrogen (secondary N) is 1. The number of rotatable bonds is 4. The van der Waals surface area contributed by atoms with Crippen LogP contribution in [0.3, 0.4) is 0 Å². The molecule has 0 amide bonds. The molecule has 74 valence electrons. The second-order valence-corrected chi connectivity index (χ2v) is 4.36. The number of hydrogen-bond donors (Lipinski definition) is 1. The second kappa shape index (κ2) is 5.17. The van der Waals surface area contributed by atoms with E-state index in [1.165, 1.54) is 18.7 Å². The number of ketones is 1. The first-order valence-electron chi connectivity index (χ1n) is 4.04. The third kappa shape index (κ3) is 2.86. The van der Waals surface area contributed by atoms with Crippen molar-refractivity contribution in [2.75, 3.05) is 5.21 Å². The monoisotopic (exact) mass is 227 g/mol. The molecule has 0 atom stereocenters. The largest absolute Gasteiger partial charge is 0.302 e. The van der Waals surface area contributed by atoms with Gasteiger partial charge in [0.2, 0.25) is 5.78 Å². The molecule has 1 aromatic rings. The van der Waals surface area contributed by atoms with E-state index in [2.05, 4.69) is 0 Å². The Balaban J connectivity index is 2.83. The molecule has 0 aromatic heterocycles. The van der Waals surface area contributed by atoms with Crippen molar-refractivity contribution in [2.45, 2.75) is 11.8 Å². The summed E-state index contributed by atoms with van der Waals surface area (Å²) in [6.45, 7) is 1.49. The molecular formula is C10H10ClNOS. The molecule has 4 heteroatoms. The Morgan fingerprint density at radius 3 is 2.43 bits per heavy atom. The zero-order valence-electron chi connectivity index (χ0n) is 7.71. The lowest BCUT2D eigenvalue weighted by atomic mass is 10.1. The van der Waals surface area contributed by atoms with Gasteiger partial charge >= 0.3 is 0 Å². The van der Waals surface area contributed by atoms with Gasteiger partial charge in [0, 0.05) is 10.5 Å². The molecule has 14 heavy (non-hydrogen) atoms. The summed E-state index contributed by atoms with van der Waals surface area (Å²) in [4.78, 5) is 12.4. The van der Waals surface area contributed by atoms with Crippen LogP contribution in [0.2, 0.25) is 0 Å². The summed E-state index contributed by atoms with van der Waals surface area (Å²) in [5.41, 5.74) is 0.610. The lowest BCUT2D eigenvalue weighted by Gasteiger charge is -2.00. The maximum Gasteiger partial charge on any atom is 0.206 e. The first-order chi connectivity index (χ1) is 6.65. The molecule has 1 rings (SSSR count). The summed E-state index contributed by atoms with van der Waals surface area (Å²) in [6.07, 6.45) is 0. The van der Waals surface area contributed by atoms with Crippen LogP contribution in [-0.2, 0) is 0 Å². The first-order valence-corrected chi connectivity index (χ1v) is 5.56. The number of Topliss-reactive ketones (excluding diaryl/α,β-unsaturated/α-hetero) is 1. The van der Waals surface area contributed by atoms with Crippen LogP contribution in [-0.4, -0.2) is 16.7 Å². The number of alkyl halides is 1. The van der Waals surface area contributed by atoms with E-state index in [9.17, 15) is 4.79 Å². The Bertz CT molecular complexity index is 348. The summed E-state index contributed by atoms with van der Waals surface area (Å²) < 4.78 is 0. The predicted octanol–water partition coefficient (Wildman–Crippen LogP) is 3.20. The number of thioether (sulfide) groups is 1. The first kappa shape index (κ1) is 11.3. The van der Waals surface area contributed by atoms with Gasteiger partial charge in [-0.15, -0.1) is 23.4 Å². The Morgan fingerprint density at radius 1 is 1.43 bits per heavy atom. The van der Waals surface area contributed by atoms with Gasteiger partial charge in [-0.25, -0.2) is 0 Å². The minimum Gasteiger partial charge on any atom is -0.302 e. The minimum atomic E-state index is -0.229. The fourth-order valence-corrected chi connectivity index (χ4v) is 1.81. The number of benzene rings is 1. The van der Waals surface area contributed by atoms with Crippen molar-refractivity contribution >= 4 is 34.9 Å². The molecular weight excluding hydrogens is 218 g/mol. The highest BCUT2D eigenvalue weighted by molar-refractivity contribution is 8.00. The van der Waals surface area contributed by atoms with E-state index < -0.39 is 0 Å². The van der Waals surface area contributed by atoms with Gasteiger partial charge in [-0.05, 0) is 31.2 Å². The second-order valence-electron chi connectivity index (χ2n) is 2.73. The topological polar surface area (TPSA) is 40.9 Å². The summed E-state index contributed by atoms with van der Waals surface area (Å²) >= 11 is 7.06. The van der Waals surface area contributed by atoms with Gasteiger partial charge in [-0.2, -0.15) is 0 Å². The molecule has 0 spiro atoms. The van der Waals surface area contributed by atoms with Gasteiger partial charge in [-0.3, -0.25) is 4.79 Å². The van der Waals surface area contributed by atoms with Crippen LogP contribution < -0.4 is 0 Å². The molecule has 1 aromatic carbocycles. The Labute approximate surface area is 92.2 Å². The van der Waals surface area contributed by atoms with Crippen molar-refractivity contribution in [3.05, 3.63) is 29.8 Å². The smallest absolute Gasteiger partial charge is 0.206 e. The van der Waals surface area contributed by atoms with Gasteiger partial charge in [0.15, 0.2) is 0 Å². The summed E-state index contributed by atoms with van der Waals surface area (Å²) in [6, 6.07) is 7.11. The number of hydrogen-bond acceptors (Lipinski definition) is 3. The van der Waals surface area contributed by atoms with Crippen molar-refractivity contribution < 1.29 is 4.79 Å². The quantitative estimate of drug-likeness (QED) is 0.372. The highest BCUT2D eigenvalue weighted by atomic mass is 35.5. The molecule has 0 heterocycles. The third-order valence-electron chi connectivity index (χ3n) is 1.68. The van der Waals surface area contributed by atoms with Gasteiger partial charge in [-0.1, -0.05) is 0 Å². The Morgan fingerprint density at radius 2 is 2.00 bits per heavy atom. The van der Waals surface area contributed by atoms with Crippen LogP contribution in [0.4, 0.5) is 0 Å². The SMILES string of the molecule is CC(=N)C(=O)c1ccc(SCCl)cc1. The van der Waals surface area contributed by atoms with Crippen LogP contribution in [0.1, 0.15) is 17.3 Å². The standard InChI is InChI=1S/C10H10ClNOS/c1-7(12)10(13)8-2-4-9(5-3-8)14-6-11/h2-5,12H,6H2,1H3. The van der Waals surface area contributed by atoms with Gasteiger partial charge < -0.3 is 5.41 Å². The van der Waals surface area contributed by atoms with Crippen LogP contribution >= 0.6 is 23.4 Å². The number of carbonyl (C=O) groups excluding carboxylic acids is 1. The molecule has 0 radical (unpaired) electrons. The third-order valence-corrected chi connectivity index (χ3v) is 2.72. The van der Waals surface area contributed by atoms with Crippen LogP contribution in [0, 0.1) is 5.41 Å². The molecule has 2 nitrogen and oxygen atoms in total. The fraction of sp³-hybridized carbons (Fsp3) is 0.200. The maximum atomic E-state index is 11.4. The van der Waals surface area contributed by atoms with Crippen LogP contribution in [0.5, 0.6) is 0 Å². The fourth-order valence-electron chi connectivity index (χ4n) is 0.982. The molecule has 0 aliphatic carbocycles. The van der Waals surface area contributed by atoms with Crippen LogP contribution in [0.15, 0.2) is 29.2 Å². The van der Waals surface area contributed by atoms with Crippen molar-refractivity contribution in [1.82, 2.24) is 0 Å². The Hall–Kier alpha value is -0.800. The maximum absolute atomic E-state index is 11.4. The van der Waals surface area contributed by atoms with Crippen molar-refractivity contribution in [3.8, 4) is 0 Å². The van der Waals surface area contributed by atoms with E-state index >= 15 is 0 Å². The number of carbonyl (C=O) groups is 1. The number of halogens is 1. The summed E-state index contributed by atoms with van der Waals surface area (Å²) in [7, 11) is 0. The zero-order chi connectivity index (χ0) is 10.6. The summed E-state index contributed by atoms with van der Waals surface area (Å²) in [5, 5.41) is 7.69. The van der Waals surface area contributed by atoms with E-state index in [0.29, 0.717) is 10.8 Å². The predicted molar refractivity (Wildman–Crippen MR) is 60.8 cm³/mol. The molecule has 0 saturated heterocycles. The molecule has 0 unspecified atom stereocenters. The van der Waals surface area contributed by atoms with E-state index in [0.717, 1.165) is 4.90 Å². The molecule has 0 saturated carbocycles. The molecule has 0 aliphatic heterocycles. The average molecular weight is 228 g/mol. The highest BCUT2D eigenvalue weighted by Gasteiger charge is 2.06. The molecule has 0 aliphatic rings. The van der Waals surface area contributed by atoms with Crippen molar-refractivity contribution in [1.29, 1.82) is 5.41 Å². The van der Waals surface area contributed by atoms with E-state index in [4.69, 9.17) is 17.0 Å². The minimum absolute atomic E-state index is 0.0581. The van der Waals surface area contributed by atoms with Crippen LogP contribution in [0.25, 0.3) is 0 Å². The molecule has 0 bridgehead atoms. The zero-order valence-corrected chi connectivity index (χ0v) is 9.28.